The minimum absolute atomic E-state index is 0. The Kier molecular flexibility index (Phi) is 13.1. The topological polar surface area (TPSA) is 39.7 Å². The number of hydrogen-bond acceptors (Lipinski definition) is 3. The fraction of sp³-hybridized carbons (Fsp3) is 0.650. The molecule has 0 saturated carbocycles. The Morgan fingerprint density at radius 1 is 1.19 bits per heavy atom. The Balaban J connectivity index is 0.00000364. The number of nitrogens with zero attached hydrogens (tertiary/aromatic N) is 2. The van der Waals surface area contributed by atoms with Crippen molar-refractivity contribution >= 4 is 41.7 Å². The average Bonchev–Trinajstić information content (AvgIpc) is 3.14. The van der Waals surface area contributed by atoms with Gasteiger partial charge in [-0.3, -0.25) is 0 Å². The molecule has 1 fully saturated rings. The van der Waals surface area contributed by atoms with Crippen molar-refractivity contribution in [2.45, 2.75) is 44.9 Å². The van der Waals surface area contributed by atoms with Gasteiger partial charge in [0.15, 0.2) is 5.96 Å². The number of thioether (sulfide) groups is 1. The van der Waals surface area contributed by atoms with Crippen LogP contribution in [0.1, 0.15) is 43.7 Å². The van der Waals surface area contributed by atoms with Gasteiger partial charge in [0, 0.05) is 18.8 Å². The van der Waals surface area contributed by atoms with Gasteiger partial charge >= 0.3 is 0 Å². The smallest absolute Gasteiger partial charge is 0.191 e. The van der Waals surface area contributed by atoms with Gasteiger partial charge in [0.05, 0.1) is 6.54 Å². The van der Waals surface area contributed by atoms with E-state index < -0.39 is 0 Å². The van der Waals surface area contributed by atoms with Crippen molar-refractivity contribution in [1.29, 1.82) is 0 Å². The Bertz CT molecular complexity index is 565. The summed E-state index contributed by atoms with van der Waals surface area (Å²) in [5.41, 5.74) is 2.12. The van der Waals surface area contributed by atoms with E-state index in [-0.39, 0.29) is 29.8 Å². The van der Waals surface area contributed by atoms with Crippen LogP contribution in [0.4, 0.5) is 4.39 Å². The first-order valence-corrected chi connectivity index (χ1v) is 11.1. The zero-order chi connectivity index (χ0) is 18.6. The van der Waals surface area contributed by atoms with E-state index in [0.717, 1.165) is 42.3 Å². The standard InChI is InChI=1S/C20H33FN4S.HI/c1-3-22-20(23-10-4-5-11-25-12-6-7-13-25)24-15-17-8-9-19(21)14-18(17)16-26-2;/h8-9,14H,3-7,10-13,15-16H2,1-2H3,(H2,22,23,24);1H. The lowest BCUT2D eigenvalue weighted by molar-refractivity contribution is 0.330. The molecule has 0 bridgehead atoms. The van der Waals surface area contributed by atoms with Crippen LogP contribution >= 0.6 is 35.7 Å². The maximum Gasteiger partial charge on any atom is 0.191 e. The fourth-order valence-electron chi connectivity index (χ4n) is 3.22. The van der Waals surface area contributed by atoms with E-state index in [1.165, 1.54) is 45.0 Å². The second-order valence-corrected chi connectivity index (χ2v) is 7.59. The van der Waals surface area contributed by atoms with Crippen LogP contribution in [0, 0.1) is 5.82 Å². The molecule has 1 heterocycles. The molecule has 1 saturated heterocycles. The molecule has 0 amide bonds. The van der Waals surface area contributed by atoms with E-state index in [9.17, 15) is 4.39 Å². The highest BCUT2D eigenvalue weighted by molar-refractivity contribution is 14.0. The predicted octanol–water partition coefficient (Wildman–Crippen LogP) is 4.24. The second kappa shape index (κ2) is 14.5. The highest BCUT2D eigenvalue weighted by Gasteiger charge is 2.10. The molecule has 1 aromatic carbocycles. The van der Waals surface area contributed by atoms with Crippen molar-refractivity contribution in [3.63, 3.8) is 0 Å². The number of aliphatic imine (C=N–C) groups is 1. The van der Waals surface area contributed by atoms with Gasteiger partial charge in [0.2, 0.25) is 0 Å². The Labute approximate surface area is 185 Å². The lowest BCUT2D eigenvalue weighted by Crippen LogP contribution is -2.38. The summed E-state index contributed by atoms with van der Waals surface area (Å²) >= 11 is 1.70. The quantitative estimate of drug-likeness (QED) is 0.215. The van der Waals surface area contributed by atoms with Crippen LogP contribution in [0.15, 0.2) is 23.2 Å². The molecule has 0 unspecified atom stereocenters. The van der Waals surface area contributed by atoms with Gasteiger partial charge in [-0.05, 0) is 81.8 Å². The minimum atomic E-state index is -0.176. The van der Waals surface area contributed by atoms with Crippen molar-refractivity contribution in [2.75, 3.05) is 39.0 Å². The third-order valence-electron chi connectivity index (χ3n) is 4.61. The van der Waals surface area contributed by atoms with Crippen LogP contribution in [0.25, 0.3) is 0 Å². The van der Waals surface area contributed by atoms with Gasteiger partial charge in [0.1, 0.15) is 5.82 Å². The van der Waals surface area contributed by atoms with Crippen LogP contribution in [-0.4, -0.2) is 49.8 Å². The molecular formula is C20H34FIN4S. The molecule has 0 aromatic heterocycles. The van der Waals surface area contributed by atoms with Crippen molar-refractivity contribution in [1.82, 2.24) is 15.5 Å². The molecule has 27 heavy (non-hydrogen) atoms. The maximum absolute atomic E-state index is 13.5. The van der Waals surface area contributed by atoms with Crippen LogP contribution in [-0.2, 0) is 12.3 Å². The van der Waals surface area contributed by atoms with Gasteiger partial charge in [-0.1, -0.05) is 6.07 Å². The minimum Gasteiger partial charge on any atom is -0.357 e. The third-order valence-corrected chi connectivity index (χ3v) is 5.21. The molecule has 2 rings (SSSR count). The summed E-state index contributed by atoms with van der Waals surface area (Å²) in [6.07, 6.45) is 7.12. The SMILES string of the molecule is CCNC(=NCc1ccc(F)cc1CSC)NCCCCN1CCCC1.I. The Hall–Kier alpha value is -0.540. The van der Waals surface area contributed by atoms with Crippen molar-refractivity contribution in [2.24, 2.45) is 4.99 Å². The number of nitrogens with one attached hydrogen (secondary N) is 2. The monoisotopic (exact) mass is 508 g/mol. The summed E-state index contributed by atoms with van der Waals surface area (Å²) in [5.74, 6) is 1.47. The van der Waals surface area contributed by atoms with Crippen molar-refractivity contribution in [3.8, 4) is 0 Å². The summed E-state index contributed by atoms with van der Waals surface area (Å²) in [7, 11) is 0. The number of unbranched alkanes of at least 4 members (excludes halogenated alkanes) is 1. The zero-order valence-corrected chi connectivity index (χ0v) is 19.7. The maximum atomic E-state index is 13.5. The molecule has 0 spiro atoms. The highest BCUT2D eigenvalue weighted by atomic mass is 127. The molecule has 154 valence electrons. The first-order chi connectivity index (χ1) is 12.7. The average molecular weight is 508 g/mol. The van der Waals surface area contributed by atoms with Crippen LogP contribution in [0.2, 0.25) is 0 Å². The molecular weight excluding hydrogens is 474 g/mol. The zero-order valence-electron chi connectivity index (χ0n) is 16.6. The van der Waals surface area contributed by atoms with Crippen LogP contribution in [0.5, 0.6) is 0 Å². The van der Waals surface area contributed by atoms with E-state index in [1.807, 2.05) is 12.3 Å². The predicted molar refractivity (Wildman–Crippen MR) is 127 cm³/mol. The summed E-state index contributed by atoms with van der Waals surface area (Å²) in [6.45, 7) is 8.16. The number of halogens is 2. The molecule has 0 aliphatic carbocycles. The summed E-state index contributed by atoms with van der Waals surface area (Å²) < 4.78 is 13.5. The number of rotatable bonds is 10. The van der Waals surface area contributed by atoms with Gasteiger partial charge in [-0.15, -0.1) is 24.0 Å². The van der Waals surface area contributed by atoms with Crippen molar-refractivity contribution in [3.05, 3.63) is 35.1 Å². The van der Waals surface area contributed by atoms with E-state index in [0.29, 0.717) is 6.54 Å². The van der Waals surface area contributed by atoms with E-state index in [1.54, 1.807) is 17.8 Å². The van der Waals surface area contributed by atoms with Gasteiger partial charge in [-0.2, -0.15) is 11.8 Å². The third kappa shape index (κ3) is 9.47. The van der Waals surface area contributed by atoms with Crippen LogP contribution in [0.3, 0.4) is 0 Å². The van der Waals surface area contributed by atoms with Gasteiger partial charge < -0.3 is 15.5 Å². The number of guanidine groups is 1. The molecule has 0 atom stereocenters. The lowest BCUT2D eigenvalue weighted by Gasteiger charge is -2.15. The summed E-state index contributed by atoms with van der Waals surface area (Å²) in [6, 6.07) is 5.00. The second-order valence-electron chi connectivity index (χ2n) is 6.72. The van der Waals surface area contributed by atoms with Crippen molar-refractivity contribution < 1.29 is 4.39 Å². The van der Waals surface area contributed by atoms with Gasteiger partial charge in [0.25, 0.3) is 0 Å². The van der Waals surface area contributed by atoms with Gasteiger partial charge in [-0.25, -0.2) is 9.38 Å². The number of hydrogen-bond donors (Lipinski definition) is 2. The first-order valence-electron chi connectivity index (χ1n) is 9.73. The Morgan fingerprint density at radius 3 is 2.67 bits per heavy atom. The molecule has 2 N–H and O–H groups in total. The summed E-state index contributed by atoms with van der Waals surface area (Å²) in [4.78, 5) is 7.24. The molecule has 1 aromatic rings. The normalized spacial score (nSPS) is 14.9. The lowest BCUT2D eigenvalue weighted by atomic mass is 10.1. The largest absolute Gasteiger partial charge is 0.357 e. The molecule has 0 radical (unpaired) electrons. The first kappa shape index (κ1) is 24.5. The highest BCUT2D eigenvalue weighted by Crippen LogP contribution is 2.17. The number of likely N-dealkylation sites (tertiary alicyclic amines) is 1. The molecule has 1 aliphatic rings. The van der Waals surface area contributed by atoms with E-state index in [2.05, 4.69) is 27.4 Å². The summed E-state index contributed by atoms with van der Waals surface area (Å²) in [5, 5.41) is 6.72. The van der Waals surface area contributed by atoms with Crippen LogP contribution < -0.4 is 10.6 Å². The molecule has 1 aliphatic heterocycles. The van der Waals surface area contributed by atoms with E-state index >= 15 is 0 Å². The van der Waals surface area contributed by atoms with E-state index in [4.69, 9.17) is 0 Å². The Morgan fingerprint density at radius 2 is 1.96 bits per heavy atom. The number of benzene rings is 1. The molecule has 7 heteroatoms. The molecule has 4 nitrogen and oxygen atoms in total. The fourth-order valence-corrected chi connectivity index (χ4v) is 3.80.